The first-order valence-corrected chi connectivity index (χ1v) is 12.8. The number of rotatable bonds is 10. The second-order valence-electron chi connectivity index (χ2n) is 10.2. The van der Waals surface area contributed by atoms with E-state index in [2.05, 4.69) is 84.3 Å². The third-order valence-corrected chi connectivity index (χ3v) is 6.99. The van der Waals surface area contributed by atoms with Crippen LogP contribution in [0.5, 0.6) is 5.75 Å². The zero-order valence-corrected chi connectivity index (χ0v) is 24.3. The van der Waals surface area contributed by atoms with E-state index in [0.29, 0.717) is 13.2 Å². The molecule has 2 heterocycles. The normalized spacial score (nSPS) is 12.5. The summed E-state index contributed by atoms with van der Waals surface area (Å²) in [4.78, 5) is 17.6. The Morgan fingerprint density at radius 3 is 2.32 bits per heavy atom. The molecule has 3 aromatic carbocycles. The highest BCUT2D eigenvalue weighted by Gasteiger charge is 2.29. The van der Waals surface area contributed by atoms with Crippen molar-refractivity contribution in [3.05, 3.63) is 65.7 Å². The van der Waals surface area contributed by atoms with Crippen molar-refractivity contribution in [2.45, 2.75) is 25.9 Å². The predicted octanol–water partition coefficient (Wildman–Crippen LogP) is 5.83. The van der Waals surface area contributed by atoms with Gasteiger partial charge in [0.05, 0.1) is 17.7 Å². The lowest BCUT2D eigenvalue weighted by atomic mass is 9.92. The highest BCUT2D eigenvalue weighted by Crippen LogP contribution is 2.42. The smallest absolute Gasteiger partial charge is 0.252 e. The van der Waals surface area contributed by atoms with Gasteiger partial charge in [0.2, 0.25) is 0 Å². The standard InChI is InChI=1S/C30H36N4O2.2ClH/c1-32(2)15-9-17-34-25-13-7-5-12-22(25)28-24-20-31-30(35)29(24)23(19-26(28)34)21-11-6-8-14-27(21)36-18-10-16-33(3)4;;/h5-8,11-14,19H,9-10,15-18,20H2,1-4H3,(H,31,35);2*1H. The lowest BCUT2D eigenvalue weighted by Gasteiger charge is -2.16. The molecule has 0 bridgehead atoms. The number of halogens is 2. The summed E-state index contributed by atoms with van der Waals surface area (Å²) in [5.74, 6) is 0.821. The first-order valence-electron chi connectivity index (χ1n) is 12.8. The number of hydrogen-bond acceptors (Lipinski definition) is 4. The molecule has 5 rings (SSSR count). The Morgan fingerprint density at radius 2 is 1.55 bits per heavy atom. The summed E-state index contributed by atoms with van der Waals surface area (Å²) < 4.78 is 8.69. The average Bonchev–Trinajstić information content (AvgIpc) is 3.39. The number of fused-ring (bicyclic) bond motifs is 5. The molecule has 1 aromatic heterocycles. The molecule has 6 nitrogen and oxygen atoms in total. The van der Waals surface area contributed by atoms with Gasteiger partial charge in [0, 0.05) is 47.1 Å². The Balaban J connectivity index is 0.00000200. The Labute approximate surface area is 237 Å². The maximum atomic E-state index is 13.2. The van der Waals surface area contributed by atoms with Gasteiger partial charge < -0.3 is 24.4 Å². The maximum absolute atomic E-state index is 13.2. The number of carbonyl (C=O) groups excluding carboxylic acids is 1. The minimum atomic E-state index is -0.00579. The van der Waals surface area contributed by atoms with Gasteiger partial charge in [0.1, 0.15) is 5.75 Å². The van der Waals surface area contributed by atoms with Crippen LogP contribution in [0.3, 0.4) is 0 Å². The molecule has 4 aromatic rings. The van der Waals surface area contributed by atoms with E-state index in [-0.39, 0.29) is 30.7 Å². The number of aryl methyl sites for hydroxylation is 1. The van der Waals surface area contributed by atoms with Gasteiger partial charge in [-0.05, 0) is 71.3 Å². The van der Waals surface area contributed by atoms with Crippen LogP contribution in [0.1, 0.15) is 28.8 Å². The lowest BCUT2D eigenvalue weighted by molar-refractivity contribution is 0.0966. The number of amides is 1. The number of para-hydroxylation sites is 2. The number of aromatic nitrogens is 1. The van der Waals surface area contributed by atoms with E-state index >= 15 is 0 Å². The van der Waals surface area contributed by atoms with E-state index in [0.717, 1.165) is 60.5 Å². The molecule has 0 unspecified atom stereocenters. The minimum Gasteiger partial charge on any atom is -0.493 e. The van der Waals surface area contributed by atoms with Gasteiger partial charge in [-0.1, -0.05) is 36.4 Å². The van der Waals surface area contributed by atoms with Crippen molar-refractivity contribution in [1.82, 2.24) is 19.7 Å². The largest absolute Gasteiger partial charge is 0.493 e. The second-order valence-corrected chi connectivity index (χ2v) is 10.2. The highest BCUT2D eigenvalue weighted by molar-refractivity contribution is 6.17. The zero-order chi connectivity index (χ0) is 25.2. The number of nitrogens with zero attached hydrogens (tertiary/aromatic N) is 3. The molecule has 1 aliphatic heterocycles. The molecule has 1 aliphatic rings. The Bertz CT molecular complexity index is 1410. The maximum Gasteiger partial charge on any atom is 0.252 e. The third-order valence-electron chi connectivity index (χ3n) is 6.99. The third kappa shape index (κ3) is 5.79. The predicted molar refractivity (Wildman–Crippen MR) is 162 cm³/mol. The number of nitrogens with one attached hydrogen (secondary N) is 1. The molecular formula is C30H38Cl2N4O2. The molecule has 0 saturated carbocycles. The van der Waals surface area contributed by atoms with E-state index in [1.165, 1.54) is 21.8 Å². The molecule has 0 saturated heterocycles. The van der Waals surface area contributed by atoms with E-state index in [1.807, 2.05) is 18.2 Å². The van der Waals surface area contributed by atoms with E-state index in [9.17, 15) is 4.79 Å². The molecule has 0 radical (unpaired) electrons. The summed E-state index contributed by atoms with van der Waals surface area (Å²) in [7, 11) is 8.37. The fraction of sp³-hybridized carbons (Fsp3) is 0.367. The Kier molecular flexibility index (Phi) is 10.1. The summed E-state index contributed by atoms with van der Waals surface area (Å²) in [6.45, 7) is 4.10. The summed E-state index contributed by atoms with van der Waals surface area (Å²) >= 11 is 0. The summed E-state index contributed by atoms with van der Waals surface area (Å²) in [5, 5.41) is 5.51. The number of benzene rings is 3. The fourth-order valence-corrected chi connectivity index (χ4v) is 5.36. The second kappa shape index (κ2) is 12.9. The SMILES string of the molecule is CN(C)CCCOc1ccccc1-c1cc2c(c3c1C(=O)NC3)c1ccccc1n2CCCN(C)C.Cl.Cl. The van der Waals surface area contributed by atoms with E-state index in [1.54, 1.807) is 0 Å². The minimum absolute atomic E-state index is 0. The van der Waals surface area contributed by atoms with Crippen LogP contribution in [0.2, 0.25) is 0 Å². The van der Waals surface area contributed by atoms with Crippen molar-refractivity contribution >= 4 is 52.5 Å². The lowest BCUT2D eigenvalue weighted by Crippen LogP contribution is -2.16. The molecule has 8 heteroatoms. The van der Waals surface area contributed by atoms with Crippen LogP contribution in [0, 0.1) is 0 Å². The monoisotopic (exact) mass is 556 g/mol. The van der Waals surface area contributed by atoms with Crippen molar-refractivity contribution in [2.24, 2.45) is 0 Å². The van der Waals surface area contributed by atoms with Gasteiger partial charge in [-0.25, -0.2) is 0 Å². The van der Waals surface area contributed by atoms with Crippen LogP contribution in [0.4, 0.5) is 0 Å². The molecule has 0 atom stereocenters. The van der Waals surface area contributed by atoms with E-state index < -0.39 is 0 Å². The fourth-order valence-electron chi connectivity index (χ4n) is 5.36. The Morgan fingerprint density at radius 1 is 0.868 bits per heavy atom. The number of ether oxygens (including phenoxy) is 1. The molecule has 0 fully saturated rings. The van der Waals surface area contributed by atoms with Crippen LogP contribution in [-0.4, -0.2) is 68.2 Å². The Hall–Kier alpha value is -2.77. The molecule has 38 heavy (non-hydrogen) atoms. The summed E-state index contributed by atoms with van der Waals surface area (Å²) in [6, 6.07) is 18.9. The van der Waals surface area contributed by atoms with Crippen LogP contribution >= 0.6 is 24.8 Å². The first kappa shape index (κ1) is 29.8. The van der Waals surface area contributed by atoms with Crippen molar-refractivity contribution in [3.63, 3.8) is 0 Å². The van der Waals surface area contributed by atoms with E-state index in [4.69, 9.17) is 4.74 Å². The summed E-state index contributed by atoms with van der Waals surface area (Å²) in [5.41, 5.74) is 6.20. The van der Waals surface area contributed by atoms with Crippen LogP contribution < -0.4 is 10.1 Å². The summed E-state index contributed by atoms with van der Waals surface area (Å²) in [6.07, 6.45) is 2.00. The molecule has 0 spiro atoms. The van der Waals surface area contributed by atoms with Gasteiger partial charge in [0.25, 0.3) is 5.91 Å². The molecule has 1 amide bonds. The van der Waals surface area contributed by atoms with Gasteiger partial charge in [-0.15, -0.1) is 24.8 Å². The van der Waals surface area contributed by atoms with Gasteiger partial charge >= 0.3 is 0 Å². The zero-order valence-electron chi connectivity index (χ0n) is 22.6. The van der Waals surface area contributed by atoms with Crippen molar-refractivity contribution in [1.29, 1.82) is 0 Å². The van der Waals surface area contributed by atoms with Crippen LogP contribution in [-0.2, 0) is 13.1 Å². The van der Waals surface area contributed by atoms with Gasteiger partial charge in [-0.3, -0.25) is 4.79 Å². The molecular weight excluding hydrogens is 519 g/mol. The molecule has 0 aliphatic carbocycles. The van der Waals surface area contributed by atoms with Gasteiger partial charge in [-0.2, -0.15) is 0 Å². The van der Waals surface area contributed by atoms with Crippen molar-refractivity contribution in [3.8, 4) is 16.9 Å². The number of hydrogen-bond donors (Lipinski definition) is 1. The first-order chi connectivity index (χ1) is 17.5. The quantitative estimate of drug-likeness (QED) is 0.249. The molecule has 204 valence electrons. The van der Waals surface area contributed by atoms with Crippen molar-refractivity contribution < 1.29 is 9.53 Å². The highest BCUT2D eigenvalue weighted by atomic mass is 35.5. The van der Waals surface area contributed by atoms with Crippen molar-refractivity contribution in [2.75, 3.05) is 47.9 Å². The van der Waals surface area contributed by atoms with Crippen LogP contribution in [0.15, 0.2) is 54.6 Å². The molecule has 1 N–H and O–H groups in total. The van der Waals surface area contributed by atoms with Crippen LogP contribution in [0.25, 0.3) is 32.9 Å². The van der Waals surface area contributed by atoms with Gasteiger partial charge in [0.15, 0.2) is 0 Å². The topological polar surface area (TPSA) is 49.7 Å². The number of carbonyl (C=O) groups is 1. The average molecular weight is 558 g/mol.